The molecule has 1 saturated heterocycles. The van der Waals surface area contributed by atoms with Crippen LogP contribution in [0.15, 0.2) is 71.3 Å². The second-order valence-corrected chi connectivity index (χ2v) is 10.1. The lowest BCUT2D eigenvalue weighted by Crippen LogP contribution is -2.43. The fraction of sp³-hybridized carbons (Fsp3) is 0.367. The lowest BCUT2D eigenvalue weighted by Gasteiger charge is -2.31. The molecule has 1 aliphatic heterocycles. The molecule has 0 aliphatic carbocycles. The zero-order chi connectivity index (χ0) is 24.9. The number of hydrogen-bond donors (Lipinski definition) is 1. The number of benzene rings is 3. The maximum atomic E-state index is 13.0. The second kappa shape index (κ2) is 11.0. The van der Waals surface area contributed by atoms with E-state index >= 15 is 0 Å². The van der Waals surface area contributed by atoms with Crippen LogP contribution in [-0.2, 0) is 17.8 Å². The third kappa shape index (κ3) is 5.65. The summed E-state index contributed by atoms with van der Waals surface area (Å²) >= 11 is 0. The van der Waals surface area contributed by atoms with Gasteiger partial charge in [0.25, 0.3) is 0 Å². The van der Waals surface area contributed by atoms with Crippen LogP contribution in [0.3, 0.4) is 0 Å². The molecule has 6 heteroatoms. The molecule has 2 atom stereocenters. The SMILES string of the molecule is Cc1ccccc1-c1noc(CN2CCCC(C(=O)NCC(C)Cc3cccc4ccccc34)C2)n1. The number of likely N-dealkylation sites (tertiary alicyclic amines) is 1. The highest BCUT2D eigenvalue weighted by molar-refractivity contribution is 5.85. The van der Waals surface area contributed by atoms with E-state index in [0.717, 1.165) is 36.9 Å². The predicted octanol–water partition coefficient (Wildman–Crippen LogP) is 5.41. The Bertz CT molecular complexity index is 1330. The molecule has 36 heavy (non-hydrogen) atoms. The van der Waals surface area contributed by atoms with Crippen LogP contribution in [0, 0.1) is 18.8 Å². The normalized spacial score (nSPS) is 17.2. The molecule has 2 unspecified atom stereocenters. The van der Waals surface area contributed by atoms with Crippen molar-refractivity contribution >= 4 is 16.7 Å². The Morgan fingerprint density at radius 2 is 1.92 bits per heavy atom. The first kappa shape index (κ1) is 24.2. The van der Waals surface area contributed by atoms with Crippen molar-refractivity contribution in [2.75, 3.05) is 19.6 Å². The molecule has 0 radical (unpaired) electrons. The van der Waals surface area contributed by atoms with Gasteiger partial charge in [-0.25, -0.2) is 0 Å². The van der Waals surface area contributed by atoms with Gasteiger partial charge < -0.3 is 9.84 Å². The Balaban J connectivity index is 1.13. The van der Waals surface area contributed by atoms with Crippen molar-refractivity contribution in [3.8, 4) is 11.4 Å². The molecule has 1 N–H and O–H groups in total. The first-order valence-electron chi connectivity index (χ1n) is 12.9. The van der Waals surface area contributed by atoms with Gasteiger partial charge in [0, 0.05) is 18.7 Å². The van der Waals surface area contributed by atoms with E-state index in [1.807, 2.05) is 31.2 Å². The molecular weight excluding hydrogens is 448 g/mol. The van der Waals surface area contributed by atoms with Gasteiger partial charge in [-0.2, -0.15) is 4.98 Å². The molecule has 1 amide bonds. The van der Waals surface area contributed by atoms with E-state index in [1.54, 1.807) is 0 Å². The van der Waals surface area contributed by atoms with Crippen LogP contribution in [0.1, 0.15) is 36.8 Å². The summed E-state index contributed by atoms with van der Waals surface area (Å²) in [6.07, 6.45) is 2.85. The first-order chi connectivity index (χ1) is 17.6. The summed E-state index contributed by atoms with van der Waals surface area (Å²) < 4.78 is 5.54. The molecule has 3 aromatic carbocycles. The van der Waals surface area contributed by atoms with E-state index in [2.05, 4.69) is 69.7 Å². The van der Waals surface area contributed by atoms with Crippen molar-refractivity contribution in [3.05, 3.63) is 83.7 Å². The van der Waals surface area contributed by atoms with E-state index in [-0.39, 0.29) is 11.8 Å². The molecule has 0 saturated carbocycles. The van der Waals surface area contributed by atoms with Gasteiger partial charge >= 0.3 is 0 Å². The lowest BCUT2D eigenvalue weighted by atomic mass is 9.94. The minimum Gasteiger partial charge on any atom is -0.356 e. The van der Waals surface area contributed by atoms with Crippen molar-refractivity contribution < 1.29 is 9.32 Å². The lowest BCUT2D eigenvalue weighted by molar-refractivity contribution is -0.127. The van der Waals surface area contributed by atoms with Crippen molar-refractivity contribution in [1.29, 1.82) is 0 Å². The summed E-state index contributed by atoms with van der Waals surface area (Å²) in [6, 6.07) is 23.0. The number of aromatic nitrogens is 2. The first-order valence-corrected chi connectivity index (χ1v) is 12.9. The smallest absolute Gasteiger partial charge is 0.241 e. The van der Waals surface area contributed by atoms with Gasteiger partial charge in [0.2, 0.25) is 17.6 Å². The summed E-state index contributed by atoms with van der Waals surface area (Å²) in [6.45, 7) is 7.15. The van der Waals surface area contributed by atoms with Crippen LogP contribution in [0.5, 0.6) is 0 Å². The molecule has 4 aromatic rings. The van der Waals surface area contributed by atoms with E-state index in [4.69, 9.17) is 4.52 Å². The van der Waals surface area contributed by atoms with Crippen molar-refractivity contribution in [2.24, 2.45) is 11.8 Å². The van der Waals surface area contributed by atoms with Crippen LogP contribution in [0.2, 0.25) is 0 Å². The Labute approximate surface area is 212 Å². The third-order valence-electron chi connectivity index (χ3n) is 7.16. The second-order valence-electron chi connectivity index (χ2n) is 10.1. The highest BCUT2D eigenvalue weighted by Gasteiger charge is 2.27. The van der Waals surface area contributed by atoms with Gasteiger partial charge in [0.05, 0.1) is 12.5 Å². The van der Waals surface area contributed by atoms with Gasteiger partial charge in [-0.05, 0) is 60.5 Å². The highest BCUT2D eigenvalue weighted by atomic mass is 16.5. The maximum absolute atomic E-state index is 13.0. The number of piperidine rings is 1. The largest absolute Gasteiger partial charge is 0.356 e. The molecule has 1 fully saturated rings. The fourth-order valence-corrected chi connectivity index (χ4v) is 5.19. The van der Waals surface area contributed by atoms with Crippen molar-refractivity contribution in [3.63, 3.8) is 0 Å². The molecule has 1 aromatic heterocycles. The van der Waals surface area contributed by atoms with Gasteiger partial charge in [-0.1, -0.05) is 78.8 Å². The number of amides is 1. The molecule has 2 heterocycles. The molecule has 5 rings (SSSR count). The monoisotopic (exact) mass is 482 g/mol. The fourth-order valence-electron chi connectivity index (χ4n) is 5.19. The number of aryl methyl sites for hydroxylation is 1. The number of nitrogens with one attached hydrogen (secondary N) is 1. The number of fused-ring (bicyclic) bond motifs is 1. The zero-order valence-corrected chi connectivity index (χ0v) is 21.1. The third-order valence-corrected chi connectivity index (χ3v) is 7.16. The minimum atomic E-state index is -0.0118. The topological polar surface area (TPSA) is 71.3 Å². The van der Waals surface area contributed by atoms with Gasteiger partial charge in [-0.3, -0.25) is 9.69 Å². The maximum Gasteiger partial charge on any atom is 0.241 e. The number of rotatable bonds is 8. The highest BCUT2D eigenvalue weighted by Crippen LogP contribution is 2.23. The minimum absolute atomic E-state index is 0.0118. The molecule has 0 bridgehead atoms. The number of hydrogen-bond acceptors (Lipinski definition) is 5. The standard InChI is InChI=1S/C30H34N4O2/c1-21(17-24-12-7-11-23-10-4-6-15-27(23)24)18-31-30(35)25-13-8-16-34(19-25)20-28-32-29(33-36-28)26-14-5-3-9-22(26)2/h3-7,9-12,14-15,21,25H,8,13,16-20H2,1-2H3,(H,31,35). The molecular formula is C30H34N4O2. The number of carbonyl (C=O) groups is 1. The van der Waals surface area contributed by atoms with E-state index in [0.29, 0.717) is 37.3 Å². The van der Waals surface area contributed by atoms with Crippen molar-refractivity contribution in [2.45, 2.75) is 39.7 Å². The summed E-state index contributed by atoms with van der Waals surface area (Å²) in [5.74, 6) is 1.71. The number of carbonyl (C=O) groups excluding carboxylic acids is 1. The van der Waals surface area contributed by atoms with Crippen LogP contribution >= 0.6 is 0 Å². The van der Waals surface area contributed by atoms with E-state index in [1.165, 1.54) is 16.3 Å². The predicted molar refractivity (Wildman–Crippen MR) is 142 cm³/mol. The van der Waals surface area contributed by atoms with E-state index < -0.39 is 0 Å². The van der Waals surface area contributed by atoms with Gasteiger partial charge in [-0.15, -0.1) is 0 Å². The van der Waals surface area contributed by atoms with Crippen LogP contribution in [-0.4, -0.2) is 40.6 Å². The number of nitrogens with zero attached hydrogens (tertiary/aromatic N) is 3. The molecule has 186 valence electrons. The summed E-state index contributed by atoms with van der Waals surface area (Å²) in [7, 11) is 0. The van der Waals surface area contributed by atoms with Gasteiger partial charge in [0.1, 0.15) is 0 Å². The van der Waals surface area contributed by atoms with E-state index in [9.17, 15) is 4.79 Å². The summed E-state index contributed by atoms with van der Waals surface area (Å²) in [5, 5.41) is 9.96. The van der Waals surface area contributed by atoms with Gasteiger partial charge in [0.15, 0.2) is 0 Å². The average molecular weight is 483 g/mol. The van der Waals surface area contributed by atoms with Crippen molar-refractivity contribution in [1.82, 2.24) is 20.4 Å². The quantitative estimate of drug-likeness (QED) is 0.364. The average Bonchev–Trinajstić information content (AvgIpc) is 3.36. The summed E-state index contributed by atoms with van der Waals surface area (Å²) in [5.41, 5.74) is 3.44. The molecule has 0 spiro atoms. The molecule has 1 aliphatic rings. The Morgan fingerprint density at radius 3 is 2.81 bits per heavy atom. The zero-order valence-electron chi connectivity index (χ0n) is 21.1. The van der Waals surface area contributed by atoms with Crippen LogP contribution < -0.4 is 5.32 Å². The Morgan fingerprint density at radius 1 is 1.11 bits per heavy atom. The van der Waals surface area contributed by atoms with Crippen LogP contribution in [0.4, 0.5) is 0 Å². The molecule has 6 nitrogen and oxygen atoms in total. The van der Waals surface area contributed by atoms with Crippen LogP contribution in [0.25, 0.3) is 22.2 Å². The Hall–Kier alpha value is -3.51. The summed E-state index contributed by atoms with van der Waals surface area (Å²) in [4.78, 5) is 19.9. The Kier molecular flexibility index (Phi) is 7.42.